The van der Waals surface area contributed by atoms with Crippen molar-refractivity contribution in [1.29, 1.82) is 0 Å². The molecule has 1 aromatic carbocycles. The second-order valence-corrected chi connectivity index (χ2v) is 5.37. The van der Waals surface area contributed by atoms with Crippen molar-refractivity contribution in [3.63, 3.8) is 0 Å². The lowest BCUT2D eigenvalue weighted by atomic mass is 10.2. The van der Waals surface area contributed by atoms with Gasteiger partial charge in [-0.3, -0.25) is 0 Å². The molecule has 4 heteroatoms. The molecule has 1 rings (SSSR count). The van der Waals surface area contributed by atoms with Crippen LogP contribution in [0.1, 0.15) is 20.3 Å². The summed E-state index contributed by atoms with van der Waals surface area (Å²) in [6, 6.07) is 9.59. The zero-order valence-electron chi connectivity index (χ0n) is 11.0. The summed E-state index contributed by atoms with van der Waals surface area (Å²) in [5.41, 5.74) is 0. The number of benzene rings is 1. The van der Waals surface area contributed by atoms with Gasteiger partial charge in [0.05, 0.1) is 13.2 Å². The summed E-state index contributed by atoms with van der Waals surface area (Å²) in [5, 5.41) is 0. The van der Waals surface area contributed by atoms with E-state index < -0.39 is 8.60 Å². The van der Waals surface area contributed by atoms with Crippen molar-refractivity contribution in [2.24, 2.45) is 5.92 Å². The first kappa shape index (κ1) is 15.2. The van der Waals surface area contributed by atoms with Gasteiger partial charge in [0.25, 0.3) is 0 Å². The summed E-state index contributed by atoms with van der Waals surface area (Å²) in [5.74, 6) is 1.23. The minimum atomic E-state index is -1.33. The fourth-order valence-electron chi connectivity index (χ4n) is 1.08. The third kappa shape index (κ3) is 6.75. The summed E-state index contributed by atoms with van der Waals surface area (Å²) in [7, 11) is -1.33. The molecule has 0 radical (unpaired) electrons. The van der Waals surface area contributed by atoms with Gasteiger partial charge >= 0.3 is 8.60 Å². The molecule has 1 unspecified atom stereocenters. The van der Waals surface area contributed by atoms with Gasteiger partial charge in [0.1, 0.15) is 5.75 Å². The SMILES string of the molecule is C=CCCOP(OCC(C)C)Oc1ccccc1. The number of rotatable bonds is 9. The first-order chi connectivity index (χ1) is 8.72. The van der Waals surface area contributed by atoms with Crippen LogP contribution >= 0.6 is 8.60 Å². The van der Waals surface area contributed by atoms with Crippen LogP contribution < -0.4 is 4.52 Å². The van der Waals surface area contributed by atoms with Gasteiger partial charge in [0, 0.05) is 0 Å². The maximum atomic E-state index is 5.70. The quantitative estimate of drug-likeness (QED) is 0.373. The Hall–Kier alpha value is -0.890. The zero-order valence-corrected chi connectivity index (χ0v) is 11.9. The highest BCUT2D eigenvalue weighted by Gasteiger charge is 2.15. The molecule has 0 aliphatic rings. The lowest BCUT2D eigenvalue weighted by molar-refractivity contribution is 0.190. The van der Waals surface area contributed by atoms with E-state index in [1.54, 1.807) is 0 Å². The maximum Gasteiger partial charge on any atom is 0.397 e. The van der Waals surface area contributed by atoms with Crippen molar-refractivity contribution in [3.8, 4) is 5.75 Å². The Morgan fingerprint density at radius 1 is 1.22 bits per heavy atom. The third-order valence-electron chi connectivity index (χ3n) is 1.96. The number of hydrogen-bond acceptors (Lipinski definition) is 3. The lowest BCUT2D eigenvalue weighted by Crippen LogP contribution is -2.04. The Morgan fingerprint density at radius 2 is 1.94 bits per heavy atom. The highest BCUT2D eigenvalue weighted by atomic mass is 31.2. The monoisotopic (exact) mass is 268 g/mol. The highest BCUT2D eigenvalue weighted by molar-refractivity contribution is 7.42. The second-order valence-electron chi connectivity index (χ2n) is 4.23. The molecular weight excluding hydrogens is 247 g/mol. The van der Waals surface area contributed by atoms with Gasteiger partial charge in [-0.15, -0.1) is 6.58 Å². The van der Waals surface area contributed by atoms with Crippen molar-refractivity contribution in [2.45, 2.75) is 20.3 Å². The van der Waals surface area contributed by atoms with Gasteiger partial charge in [-0.2, -0.15) is 0 Å². The number of hydrogen-bond donors (Lipinski definition) is 0. The van der Waals surface area contributed by atoms with Gasteiger partial charge in [-0.1, -0.05) is 38.1 Å². The van der Waals surface area contributed by atoms with E-state index in [9.17, 15) is 0 Å². The molecule has 0 amide bonds. The molecule has 0 aromatic heterocycles. The minimum Gasteiger partial charge on any atom is -0.427 e. The van der Waals surface area contributed by atoms with E-state index in [0.29, 0.717) is 19.1 Å². The van der Waals surface area contributed by atoms with Gasteiger partial charge in [-0.05, 0) is 24.5 Å². The molecular formula is C14H21O3P. The molecule has 1 atom stereocenters. The predicted molar refractivity (Wildman–Crippen MR) is 75.5 cm³/mol. The summed E-state index contributed by atoms with van der Waals surface area (Å²) >= 11 is 0. The van der Waals surface area contributed by atoms with E-state index in [-0.39, 0.29) is 0 Å². The van der Waals surface area contributed by atoms with Gasteiger partial charge in [0.15, 0.2) is 0 Å². The van der Waals surface area contributed by atoms with Crippen LogP contribution in [-0.2, 0) is 9.05 Å². The van der Waals surface area contributed by atoms with E-state index in [1.807, 2.05) is 36.4 Å². The Bertz CT molecular complexity index is 327. The Labute approximate surface area is 111 Å². The average Bonchev–Trinajstić information content (AvgIpc) is 2.37. The largest absolute Gasteiger partial charge is 0.427 e. The van der Waals surface area contributed by atoms with Gasteiger partial charge < -0.3 is 13.6 Å². The first-order valence-corrected chi connectivity index (χ1v) is 7.21. The van der Waals surface area contributed by atoms with Crippen LogP contribution in [0, 0.1) is 5.92 Å². The third-order valence-corrected chi connectivity index (χ3v) is 3.07. The van der Waals surface area contributed by atoms with Crippen LogP contribution in [0.25, 0.3) is 0 Å². The van der Waals surface area contributed by atoms with Crippen LogP contribution in [0.15, 0.2) is 43.0 Å². The normalized spacial score (nSPS) is 12.4. The fraction of sp³-hybridized carbons (Fsp3) is 0.429. The van der Waals surface area contributed by atoms with E-state index >= 15 is 0 Å². The predicted octanol–water partition coefficient (Wildman–Crippen LogP) is 4.56. The Balaban J connectivity index is 2.45. The molecule has 0 spiro atoms. The van der Waals surface area contributed by atoms with E-state index in [2.05, 4.69) is 20.4 Å². The van der Waals surface area contributed by atoms with E-state index in [1.165, 1.54) is 0 Å². The van der Waals surface area contributed by atoms with E-state index in [0.717, 1.165) is 12.2 Å². The van der Waals surface area contributed by atoms with Crippen LogP contribution in [0.3, 0.4) is 0 Å². The van der Waals surface area contributed by atoms with Crippen LogP contribution in [-0.4, -0.2) is 13.2 Å². The average molecular weight is 268 g/mol. The van der Waals surface area contributed by atoms with Crippen molar-refractivity contribution >= 4 is 8.60 Å². The summed E-state index contributed by atoms with van der Waals surface area (Å²) in [4.78, 5) is 0. The molecule has 0 saturated carbocycles. The molecule has 0 fully saturated rings. The molecule has 0 aliphatic heterocycles. The second kappa shape index (κ2) is 9.09. The smallest absolute Gasteiger partial charge is 0.397 e. The molecule has 0 bridgehead atoms. The lowest BCUT2D eigenvalue weighted by Gasteiger charge is -2.17. The minimum absolute atomic E-state index is 0.456. The molecule has 0 aliphatic carbocycles. The van der Waals surface area contributed by atoms with Crippen molar-refractivity contribution in [3.05, 3.63) is 43.0 Å². The van der Waals surface area contributed by atoms with Crippen LogP contribution in [0.5, 0.6) is 5.75 Å². The molecule has 0 heterocycles. The zero-order chi connectivity index (χ0) is 13.2. The summed E-state index contributed by atoms with van der Waals surface area (Å²) < 4.78 is 16.9. The molecule has 1 aromatic rings. The van der Waals surface area contributed by atoms with E-state index in [4.69, 9.17) is 13.6 Å². The standard InChI is InChI=1S/C14H21O3P/c1-4-5-11-15-18(16-12-13(2)3)17-14-9-7-6-8-10-14/h4,6-10,13H,1,5,11-12H2,2-3H3. The van der Waals surface area contributed by atoms with Gasteiger partial charge in [0.2, 0.25) is 0 Å². The molecule has 18 heavy (non-hydrogen) atoms. The van der Waals surface area contributed by atoms with Crippen molar-refractivity contribution in [2.75, 3.05) is 13.2 Å². The van der Waals surface area contributed by atoms with Crippen LogP contribution in [0.4, 0.5) is 0 Å². The summed E-state index contributed by atoms with van der Waals surface area (Å²) in [6.45, 7) is 9.06. The number of para-hydroxylation sites is 1. The van der Waals surface area contributed by atoms with Crippen LogP contribution in [0.2, 0.25) is 0 Å². The maximum absolute atomic E-state index is 5.70. The van der Waals surface area contributed by atoms with Gasteiger partial charge in [-0.25, -0.2) is 0 Å². The van der Waals surface area contributed by atoms with Crippen molar-refractivity contribution < 1.29 is 13.6 Å². The molecule has 0 saturated heterocycles. The molecule has 100 valence electrons. The fourth-order valence-corrected chi connectivity index (χ4v) is 2.23. The molecule has 3 nitrogen and oxygen atoms in total. The first-order valence-electron chi connectivity index (χ1n) is 6.12. The molecule has 0 N–H and O–H groups in total. The topological polar surface area (TPSA) is 27.7 Å². The van der Waals surface area contributed by atoms with Crippen molar-refractivity contribution in [1.82, 2.24) is 0 Å². The summed E-state index contributed by atoms with van der Waals surface area (Å²) in [6.07, 6.45) is 2.61. The Kier molecular flexibility index (Phi) is 7.66. The highest BCUT2D eigenvalue weighted by Crippen LogP contribution is 2.40. The Morgan fingerprint density at radius 3 is 2.56 bits per heavy atom.